The lowest BCUT2D eigenvalue weighted by Gasteiger charge is -2.25. The van der Waals surface area contributed by atoms with Crippen molar-refractivity contribution in [1.82, 2.24) is 4.90 Å². The van der Waals surface area contributed by atoms with Crippen molar-refractivity contribution in [2.24, 2.45) is 0 Å². The average molecular weight is 268 g/mol. The first-order valence-corrected chi connectivity index (χ1v) is 6.18. The van der Waals surface area contributed by atoms with E-state index in [1.807, 2.05) is 13.0 Å². The number of hydrogen-bond donors (Lipinski definition) is 0. The van der Waals surface area contributed by atoms with E-state index in [0.717, 1.165) is 5.56 Å². The molecule has 0 aromatic heterocycles. The molecule has 0 spiro atoms. The van der Waals surface area contributed by atoms with Crippen molar-refractivity contribution in [3.8, 4) is 5.75 Å². The van der Waals surface area contributed by atoms with Gasteiger partial charge in [0.05, 0.1) is 5.02 Å². The predicted octanol–water partition coefficient (Wildman–Crippen LogP) is 2.81. The summed E-state index contributed by atoms with van der Waals surface area (Å²) in [5.41, 5.74) is 0.969. The van der Waals surface area contributed by atoms with Crippen molar-refractivity contribution in [2.75, 3.05) is 13.1 Å². The quantitative estimate of drug-likeness (QED) is 0.786. The van der Waals surface area contributed by atoms with Gasteiger partial charge in [0.25, 0.3) is 0 Å². The smallest absolute Gasteiger partial charge is 0.409 e. The van der Waals surface area contributed by atoms with E-state index < -0.39 is 6.09 Å². The molecule has 1 aliphatic rings. The molecule has 0 bridgehead atoms. The molecule has 18 heavy (non-hydrogen) atoms. The van der Waals surface area contributed by atoms with Crippen molar-refractivity contribution in [3.63, 3.8) is 0 Å². The highest BCUT2D eigenvalue weighted by Crippen LogP contribution is 2.26. The van der Waals surface area contributed by atoms with Crippen LogP contribution in [0.4, 0.5) is 4.79 Å². The molecule has 1 heterocycles. The van der Waals surface area contributed by atoms with Gasteiger partial charge in [-0.15, -0.1) is 0 Å². The van der Waals surface area contributed by atoms with Crippen LogP contribution >= 0.6 is 11.6 Å². The van der Waals surface area contributed by atoms with Crippen LogP contribution in [0.3, 0.4) is 0 Å². The molecule has 0 saturated carbocycles. The molecule has 2 rings (SSSR count). The molecule has 96 valence electrons. The zero-order valence-corrected chi connectivity index (χ0v) is 10.9. The Kier molecular flexibility index (Phi) is 3.87. The van der Waals surface area contributed by atoms with Crippen molar-refractivity contribution < 1.29 is 14.3 Å². The number of likely N-dealkylation sites (tertiary alicyclic amines) is 1. The number of carbonyl (C=O) groups excluding carboxylic acids is 2. The Hall–Kier alpha value is -1.55. The summed E-state index contributed by atoms with van der Waals surface area (Å²) in [4.78, 5) is 24.5. The van der Waals surface area contributed by atoms with Crippen molar-refractivity contribution >= 4 is 23.5 Å². The van der Waals surface area contributed by atoms with Crippen LogP contribution in [0.1, 0.15) is 18.4 Å². The molecule has 0 aliphatic carbocycles. The van der Waals surface area contributed by atoms with Gasteiger partial charge in [0, 0.05) is 25.9 Å². The molecule has 0 atom stereocenters. The van der Waals surface area contributed by atoms with Crippen LogP contribution in [-0.4, -0.2) is 29.9 Å². The third-order valence-electron chi connectivity index (χ3n) is 2.86. The summed E-state index contributed by atoms with van der Waals surface area (Å²) in [6, 6.07) is 5.26. The summed E-state index contributed by atoms with van der Waals surface area (Å²) in [7, 11) is 0. The predicted molar refractivity (Wildman–Crippen MR) is 68.0 cm³/mol. The van der Waals surface area contributed by atoms with Gasteiger partial charge in [-0.1, -0.05) is 17.7 Å². The van der Waals surface area contributed by atoms with E-state index in [0.29, 0.717) is 36.7 Å². The van der Waals surface area contributed by atoms with Crippen LogP contribution < -0.4 is 4.74 Å². The standard InChI is InChI=1S/C13H14ClNO3/c1-9-2-3-11(14)12(8-9)18-13(17)15-6-4-10(16)5-7-15/h2-3,8H,4-7H2,1H3. The summed E-state index contributed by atoms with van der Waals surface area (Å²) in [5.74, 6) is 0.547. The van der Waals surface area contributed by atoms with E-state index in [4.69, 9.17) is 16.3 Å². The Morgan fingerprint density at radius 3 is 2.67 bits per heavy atom. The fraction of sp³-hybridized carbons (Fsp3) is 0.385. The Bertz CT molecular complexity index is 477. The van der Waals surface area contributed by atoms with Gasteiger partial charge in [0.2, 0.25) is 0 Å². The van der Waals surface area contributed by atoms with E-state index in [2.05, 4.69) is 0 Å². The van der Waals surface area contributed by atoms with Gasteiger partial charge in [-0.2, -0.15) is 0 Å². The average Bonchev–Trinajstić information content (AvgIpc) is 2.34. The Balaban J connectivity index is 2.02. The van der Waals surface area contributed by atoms with Crippen LogP contribution in [0.2, 0.25) is 5.02 Å². The topological polar surface area (TPSA) is 46.6 Å². The molecule has 0 N–H and O–H groups in total. The Labute approximate surface area is 110 Å². The molecule has 1 aromatic carbocycles. The molecule has 1 aromatic rings. The summed E-state index contributed by atoms with van der Waals surface area (Å²) >= 11 is 5.95. The highest BCUT2D eigenvalue weighted by Gasteiger charge is 2.22. The van der Waals surface area contributed by atoms with Crippen LogP contribution in [0.15, 0.2) is 18.2 Å². The highest BCUT2D eigenvalue weighted by molar-refractivity contribution is 6.32. The molecule has 1 saturated heterocycles. The summed E-state index contributed by atoms with van der Waals surface area (Å²) in [5, 5.41) is 0.405. The van der Waals surface area contributed by atoms with Crippen molar-refractivity contribution in [2.45, 2.75) is 19.8 Å². The zero-order valence-electron chi connectivity index (χ0n) is 10.1. The van der Waals surface area contributed by atoms with Gasteiger partial charge in [-0.3, -0.25) is 4.79 Å². The van der Waals surface area contributed by atoms with Crippen LogP contribution in [0.25, 0.3) is 0 Å². The molecule has 0 unspecified atom stereocenters. The number of rotatable bonds is 1. The molecule has 1 amide bonds. The molecule has 4 nitrogen and oxygen atoms in total. The van der Waals surface area contributed by atoms with Gasteiger partial charge < -0.3 is 9.64 Å². The number of amides is 1. The maximum atomic E-state index is 11.9. The lowest BCUT2D eigenvalue weighted by molar-refractivity contribution is -0.121. The number of halogens is 1. The minimum Gasteiger partial charge on any atom is -0.409 e. The number of aryl methyl sites for hydroxylation is 1. The van der Waals surface area contributed by atoms with Gasteiger partial charge >= 0.3 is 6.09 Å². The van der Waals surface area contributed by atoms with Crippen molar-refractivity contribution in [3.05, 3.63) is 28.8 Å². The highest BCUT2D eigenvalue weighted by atomic mass is 35.5. The van der Waals surface area contributed by atoms with Gasteiger partial charge in [-0.05, 0) is 24.6 Å². The zero-order chi connectivity index (χ0) is 13.1. The van der Waals surface area contributed by atoms with E-state index in [9.17, 15) is 9.59 Å². The molecule has 5 heteroatoms. The maximum absolute atomic E-state index is 11.9. The normalized spacial score (nSPS) is 15.7. The van der Waals surface area contributed by atoms with Gasteiger partial charge in [0.15, 0.2) is 5.75 Å². The fourth-order valence-corrected chi connectivity index (χ4v) is 1.94. The van der Waals surface area contributed by atoms with Crippen LogP contribution in [0, 0.1) is 6.92 Å². The van der Waals surface area contributed by atoms with E-state index in [1.54, 1.807) is 12.1 Å². The third kappa shape index (κ3) is 3.01. The Morgan fingerprint density at radius 2 is 2.00 bits per heavy atom. The number of benzene rings is 1. The number of carbonyl (C=O) groups is 2. The minimum absolute atomic E-state index is 0.188. The largest absolute Gasteiger partial charge is 0.415 e. The Morgan fingerprint density at radius 1 is 1.33 bits per heavy atom. The number of piperidine rings is 1. The number of ketones is 1. The first-order chi connectivity index (χ1) is 8.56. The SMILES string of the molecule is Cc1ccc(Cl)c(OC(=O)N2CCC(=O)CC2)c1. The molecule has 0 radical (unpaired) electrons. The second-order valence-electron chi connectivity index (χ2n) is 4.33. The fourth-order valence-electron chi connectivity index (χ4n) is 1.79. The summed E-state index contributed by atoms with van der Waals surface area (Å²) < 4.78 is 5.24. The van der Waals surface area contributed by atoms with Gasteiger partial charge in [0.1, 0.15) is 5.78 Å². The van der Waals surface area contributed by atoms with E-state index in [1.165, 1.54) is 4.90 Å². The monoisotopic (exact) mass is 267 g/mol. The minimum atomic E-state index is -0.449. The second-order valence-corrected chi connectivity index (χ2v) is 4.73. The third-order valence-corrected chi connectivity index (χ3v) is 3.18. The molecule has 1 aliphatic heterocycles. The number of hydrogen-bond acceptors (Lipinski definition) is 3. The maximum Gasteiger partial charge on any atom is 0.415 e. The van der Waals surface area contributed by atoms with E-state index in [-0.39, 0.29) is 5.78 Å². The van der Waals surface area contributed by atoms with E-state index >= 15 is 0 Å². The lowest BCUT2D eigenvalue weighted by atomic mass is 10.1. The first kappa shape index (κ1) is 12.9. The lowest BCUT2D eigenvalue weighted by Crippen LogP contribution is -2.40. The van der Waals surface area contributed by atoms with Crippen LogP contribution in [-0.2, 0) is 4.79 Å². The summed E-state index contributed by atoms with van der Waals surface area (Å²) in [6.45, 7) is 2.73. The first-order valence-electron chi connectivity index (χ1n) is 5.81. The van der Waals surface area contributed by atoms with Crippen molar-refractivity contribution in [1.29, 1.82) is 0 Å². The molecular formula is C13H14ClNO3. The number of nitrogens with zero attached hydrogens (tertiary/aromatic N) is 1. The second kappa shape index (κ2) is 5.40. The molecular weight excluding hydrogens is 254 g/mol. The number of Topliss-reactive ketones (excluding diaryl/α,β-unsaturated/α-hetero) is 1. The summed E-state index contributed by atoms with van der Waals surface area (Å²) in [6.07, 6.45) is 0.350. The van der Waals surface area contributed by atoms with Gasteiger partial charge in [-0.25, -0.2) is 4.79 Å². The van der Waals surface area contributed by atoms with Crippen LogP contribution in [0.5, 0.6) is 5.75 Å². The number of ether oxygens (including phenoxy) is 1. The molecule has 1 fully saturated rings.